The average molecular weight is 273 g/mol. The van der Waals surface area contributed by atoms with Crippen molar-refractivity contribution in [1.82, 2.24) is 9.97 Å². The first-order chi connectivity index (χ1) is 9.67. The SMILES string of the molecule is COc1cc(NCCOc2cccc(C)c2)nc(C)n1. The molecule has 0 unspecified atom stereocenters. The third-order valence-electron chi connectivity index (χ3n) is 2.69. The Morgan fingerprint density at radius 1 is 1.15 bits per heavy atom. The van der Waals surface area contributed by atoms with Crippen LogP contribution in [0, 0.1) is 13.8 Å². The second-order valence-electron chi connectivity index (χ2n) is 4.43. The fourth-order valence-corrected chi connectivity index (χ4v) is 1.79. The van der Waals surface area contributed by atoms with Gasteiger partial charge in [0.15, 0.2) is 0 Å². The van der Waals surface area contributed by atoms with E-state index in [1.165, 1.54) is 5.56 Å². The first-order valence-electron chi connectivity index (χ1n) is 6.50. The fourth-order valence-electron chi connectivity index (χ4n) is 1.79. The van der Waals surface area contributed by atoms with Gasteiger partial charge >= 0.3 is 0 Å². The van der Waals surface area contributed by atoms with Gasteiger partial charge in [0.1, 0.15) is 24.0 Å². The van der Waals surface area contributed by atoms with Crippen LogP contribution in [0.1, 0.15) is 11.4 Å². The van der Waals surface area contributed by atoms with E-state index in [1.54, 1.807) is 13.2 Å². The Hall–Kier alpha value is -2.30. The number of hydrogen-bond acceptors (Lipinski definition) is 5. The van der Waals surface area contributed by atoms with Crippen molar-refractivity contribution < 1.29 is 9.47 Å². The van der Waals surface area contributed by atoms with Crippen molar-refractivity contribution in [3.05, 3.63) is 41.7 Å². The van der Waals surface area contributed by atoms with Crippen LogP contribution in [0.4, 0.5) is 5.82 Å². The van der Waals surface area contributed by atoms with Gasteiger partial charge in [-0.15, -0.1) is 0 Å². The minimum Gasteiger partial charge on any atom is -0.492 e. The van der Waals surface area contributed by atoms with Crippen molar-refractivity contribution in [2.75, 3.05) is 25.6 Å². The molecule has 0 aliphatic carbocycles. The molecule has 0 aliphatic rings. The lowest BCUT2D eigenvalue weighted by Crippen LogP contribution is -2.13. The summed E-state index contributed by atoms with van der Waals surface area (Å²) in [7, 11) is 1.59. The molecule has 2 rings (SSSR count). The molecule has 0 radical (unpaired) electrons. The normalized spacial score (nSPS) is 10.2. The zero-order valence-electron chi connectivity index (χ0n) is 12.0. The van der Waals surface area contributed by atoms with Gasteiger partial charge < -0.3 is 14.8 Å². The molecule has 1 N–H and O–H groups in total. The lowest BCUT2D eigenvalue weighted by atomic mass is 10.2. The van der Waals surface area contributed by atoms with Crippen molar-refractivity contribution in [3.63, 3.8) is 0 Å². The molecule has 0 amide bonds. The molecule has 0 spiro atoms. The predicted molar refractivity (Wildman–Crippen MR) is 78.5 cm³/mol. The lowest BCUT2D eigenvalue weighted by molar-refractivity contribution is 0.332. The van der Waals surface area contributed by atoms with Gasteiger partial charge in [0, 0.05) is 6.07 Å². The maximum Gasteiger partial charge on any atom is 0.218 e. The number of nitrogens with zero attached hydrogens (tertiary/aromatic N) is 2. The molecule has 0 saturated carbocycles. The summed E-state index contributed by atoms with van der Waals surface area (Å²) in [5.41, 5.74) is 1.19. The van der Waals surface area contributed by atoms with E-state index >= 15 is 0 Å². The van der Waals surface area contributed by atoms with E-state index in [-0.39, 0.29) is 0 Å². The van der Waals surface area contributed by atoms with E-state index in [9.17, 15) is 0 Å². The van der Waals surface area contributed by atoms with Gasteiger partial charge in [-0.1, -0.05) is 12.1 Å². The quantitative estimate of drug-likeness (QED) is 0.820. The number of anilines is 1. The van der Waals surface area contributed by atoms with Crippen molar-refractivity contribution in [2.24, 2.45) is 0 Å². The number of hydrogen-bond donors (Lipinski definition) is 1. The molecule has 20 heavy (non-hydrogen) atoms. The standard InChI is InChI=1S/C15H19N3O2/c1-11-5-4-6-13(9-11)20-8-7-16-14-10-15(19-3)18-12(2)17-14/h4-6,9-10H,7-8H2,1-3H3,(H,16,17,18). The molecule has 0 atom stereocenters. The topological polar surface area (TPSA) is 56.3 Å². The molecule has 1 aromatic carbocycles. The summed E-state index contributed by atoms with van der Waals surface area (Å²) in [4.78, 5) is 8.42. The van der Waals surface area contributed by atoms with Gasteiger partial charge in [0.05, 0.1) is 13.7 Å². The van der Waals surface area contributed by atoms with Crippen molar-refractivity contribution >= 4 is 5.82 Å². The Kier molecular flexibility index (Phi) is 4.76. The molecule has 5 heteroatoms. The van der Waals surface area contributed by atoms with Gasteiger partial charge in [-0.2, -0.15) is 4.98 Å². The number of benzene rings is 1. The first-order valence-corrected chi connectivity index (χ1v) is 6.50. The van der Waals surface area contributed by atoms with Crippen LogP contribution in [0.15, 0.2) is 30.3 Å². The van der Waals surface area contributed by atoms with E-state index in [2.05, 4.69) is 15.3 Å². The van der Waals surface area contributed by atoms with Gasteiger partial charge in [0.2, 0.25) is 5.88 Å². The van der Waals surface area contributed by atoms with E-state index < -0.39 is 0 Å². The summed E-state index contributed by atoms with van der Waals surface area (Å²) in [6.07, 6.45) is 0. The Morgan fingerprint density at radius 2 is 2.00 bits per heavy atom. The highest BCUT2D eigenvalue weighted by Crippen LogP contribution is 2.13. The number of nitrogens with one attached hydrogen (secondary N) is 1. The largest absolute Gasteiger partial charge is 0.492 e. The van der Waals surface area contributed by atoms with Crippen molar-refractivity contribution in [1.29, 1.82) is 0 Å². The zero-order valence-corrected chi connectivity index (χ0v) is 12.0. The monoisotopic (exact) mass is 273 g/mol. The van der Waals surface area contributed by atoms with Gasteiger partial charge in [-0.3, -0.25) is 0 Å². The third-order valence-corrected chi connectivity index (χ3v) is 2.69. The van der Waals surface area contributed by atoms with Gasteiger partial charge in [0.25, 0.3) is 0 Å². The molecule has 0 aliphatic heterocycles. The van der Waals surface area contributed by atoms with Gasteiger partial charge in [-0.25, -0.2) is 4.98 Å². The summed E-state index contributed by atoms with van der Waals surface area (Å²) in [5, 5.41) is 3.19. The number of aryl methyl sites for hydroxylation is 2. The first kappa shape index (κ1) is 14.1. The second-order valence-corrected chi connectivity index (χ2v) is 4.43. The van der Waals surface area contributed by atoms with Crippen LogP contribution in [0.3, 0.4) is 0 Å². The fraction of sp³-hybridized carbons (Fsp3) is 0.333. The van der Waals surface area contributed by atoms with Crippen LogP contribution in [0.25, 0.3) is 0 Å². The van der Waals surface area contributed by atoms with E-state index in [1.807, 2.05) is 38.1 Å². The zero-order chi connectivity index (χ0) is 14.4. The number of rotatable bonds is 6. The van der Waals surface area contributed by atoms with Crippen LogP contribution in [0.5, 0.6) is 11.6 Å². The molecule has 106 valence electrons. The molecule has 0 saturated heterocycles. The summed E-state index contributed by atoms with van der Waals surface area (Å²) in [5.74, 6) is 2.84. The maximum atomic E-state index is 5.66. The molecule has 0 fully saturated rings. The number of aromatic nitrogens is 2. The Balaban J connectivity index is 1.82. The number of methoxy groups -OCH3 is 1. The summed E-state index contributed by atoms with van der Waals surface area (Å²) < 4.78 is 10.8. The smallest absolute Gasteiger partial charge is 0.218 e. The Morgan fingerprint density at radius 3 is 2.75 bits per heavy atom. The van der Waals surface area contributed by atoms with Crippen LogP contribution < -0.4 is 14.8 Å². The van der Waals surface area contributed by atoms with E-state index in [0.29, 0.717) is 24.9 Å². The predicted octanol–water partition coefficient (Wildman–Crippen LogP) is 2.59. The highest BCUT2D eigenvalue weighted by atomic mass is 16.5. The minimum absolute atomic E-state index is 0.555. The minimum atomic E-state index is 0.555. The second kappa shape index (κ2) is 6.75. The summed E-state index contributed by atoms with van der Waals surface area (Å²) in [6.45, 7) is 5.10. The van der Waals surface area contributed by atoms with Gasteiger partial charge in [-0.05, 0) is 31.5 Å². The molecule has 0 bridgehead atoms. The highest BCUT2D eigenvalue weighted by molar-refractivity contribution is 5.38. The van der Waals surface area contributed by atoms with Crippen LogP contribution in [-0.2, 0) is 0 Å². The van der Waals surface area contributed by atoms with Crippen LogP contribution in [-0.4, -0.2) is 30.2 Å². The molecule has 5 nitrogen and oxygen atoms in total. The molecular formula is C15H19N3O2. The summed E-state index contributed by atoms with van der Waals surface area (Å²) in [6, 6.07) is 9.75. The average Bonchev–Trinajstić information content (AvgIpc) is 2.43. The maximum absolute atomic E-state index is 5.66. The molecule has 2 aromatic rings. The van der Waals surface area contributed by atoms with Crippen LogP contribution >= 0.6 is 0 Å². The molecule has 1 heterocycles. The Bertz CT molecular complexity index is 573. The molecule has 1 aromatic heterocycles. The number of ether oxygens (including phenoxy) is 2. The summed E-state index contributed by atoms with van der Waals surface area (Å²) >= 11 is 0. The van der Waals surface area contributed by atoms with E-state index in [0.717, 1.165) is 11.6 Å². The van der Waals surface area contributed by atoms with E-state index in [4.69, 9.17) is 9.47 Å². The van der Waals surface area contributed by atoms with Crippen molar-refractivity contribution in [2.45, 2.75) is 13.8 Å². The Labute approximate surface area is 119 Å². The lowest BCUT2D eigenvalue weighted by Gasteiger charge is -2.09. The third kappa shape index (κ3) is 4.12. The van der Waals surface area contributed by atoms with Crippen LogP contribution in [0.2, 0.25) is 0 Å². The highest BCUT2D eigenvalue weighted by Gasteiger charge is 2.01. The molecular weight excluding hydrogens is 254 g/mol. The van der Waals surface area contributed by atoms with Crippen molar-refractivity contribution in [3.8, 4) is 11.6 Å².